The molecule has 0 fully saturated rings. The summed E-state index contributed by atoms with van der Waals surface area (Å²) < 4.78 is 37.8. The second kappa shape index (κ2) is 5.64. The molecule has 0 radical (unpaired) electrons. The maximum Gasteiger partial charge on any atom is 0.416 e. The summed E-state index contributed by atoms with van der Waals surface area (Å²) in [7, 11) is 0. The molecular formula is C15H13F3O2. The molecule has 0 spiro atoms. The summed E-state index contributed by atoms with van der Waals surface area (Å²) in [5, 5.41) is 19.4. The van der Waals surface area contributed by atoms with Crippen molar-refractivity contribution in [2.45, 2.75) is 18.9 Å². The zero-order valence-corrected chi connectivity index (χ0v) is 10.4. The van der Waals surface area contributed by atoms with Crippen molar-refractivity contribution in [3.8, 4) is 0 Å². The number of rotatable bonds is 3. The van der Waals surface area contributed by atoms with Crippen molar-refractivity contribution in [2.75, 3.05) is 0 Å². The van der Waals surface area contributed by atoms with E-state index in [0.717, 1.165) is 12.1 Å². The lowest BCUT2D eigenvalue weighted by Crippen LogP contribution is -2.09. The van der Waals surface area contributed by atoms with E-state index in [2.05, 4.69) is 0 Å². The monoisotopic (exact) mass is 282 g/mol. The zero-order valence-electron chi connectivity index (χ0n) is 10.4. The Morgan fingerprint density at radius 3 is 2.20 bits per heavy atom. The molecule has 0 saturated heterocycles. The minimum atomic E-state index is -4.47. The average Bonchev–Trinajstić information content (AvgIpc) is 2.45. The summed E-state index contributed by atoms with van der Waals surface area (Å²) >= 11 is 0. The van der Waals surface area contributed by atoms with Crippen LogP contribution in [0.1, 0.15) is 28.4 Å². The lowest BCUT2D eigenvalue weighted by atomic mass is 9.95. The van der Waals surface area contributed by atoms with E-state index in [1.54, 1.807) is 30.3 Å². The summed E-state index contributed by atoms with van der Waals surface area (Å²) in [5.74, 6) is 0. The number of benzene rings is 2. The minimum absolute atomic E-state index is 0.0659. The third-order valence-corrected chi connectivity index (χ3v) is 3.05. The van der Waals surface area contributed by atoms with Crippen LogP contribution < -0.4 is 0 Å². The van der Waals surface area contributed by atoms with Crippen LogP contribution >= 0.6 is 0 Å². The van der Waals surface area contributed by atoms with Gasteiger partial charge < -0.3 is 10.2 Å². The van der Waals surface area contributed by atoms with Crippen LogP contribution in [0, 0.1) is 0 Å². The van der Waals surface area contributed by atoms with E-state index in [1.165, 1.54) is 6.07 Å². The topological polar surface area (TPSA) is 40.5 Å². The fraction of sp³-hybridized carbons (Fsp3) is 0.200. The first kappa shape index (κ1) is 14.6. The number of hydrogen-bond donors (Lipinski definition) is 2. The molecule has 2 aromatic carbocycles. The summed E-state index contributed by atoms with van der Waals surface area (Å²) in [6.45, 7) is -0.566. The van der Waals surface area contributed by atoms with Crippen LogP contribution in [0.5, 0.6) is 0 Å². The Labute approximate surface area is 114 Å². The number of halogens is 3. The van der Waals surface area contributed by atoms with Gasteiger partial charge in [-0.05, 0) is 28.8 Å². The molecule has 106 valence electrons. The quantitative estimate of drug-likeness (QED) is 0.907. The van der Waals surface area contributed by atoms with Gasteiger partial charge in [0.05, 0.1) is 12.2 Å². The number of aliphatic hydroxyl groups excluding tert-OH is 2. The van der Waals surface area contributed by atoms with Gasteiger partial charge >= 0.3 is 6.18 Å². The van der Waals surface area contributed by atoms with Gasteiger partial charge in [-0.2, -0.15) is 13.2 Å². The Kier molecular flexibility index (Phi) is 4.11. The van der Waals surface area contributed by atoms with E-state index < -0.39 is 24.5 Å². The number of hydrogen-bond acceptors (Lipinski definition) is 2. The van der Waals surface area contributed by atoms with Gasteiger partial charge in [0.1, 0.15) is 6.10 Å². The molecule has 0 aliphatic heterocycles. The molecule has 0 amide bonds. The number of aliphatic hydroxyl groups is 2. The molecule has 0 aliphatic carbocycles. The smallest absolute Gasteiger partial charge is 0.392 e. The first-order valence-electron chi connectivity index (χ1n) is 5.97. The molecular weight excluding hydrogens is 269 g/mol. The Hall–Kier alpha value is -1.85. The summed E-state index contributed by atoms with van der Waals surface area (Å²) in [6, 6.07) is 11.5. The fourth-order valence-corrected chi connectivity index (χ4v) is 2.00. The largest absolute Gasteiger partial charge is 0.416 e. The maximum absolute atomic E-state index is 12.6. The van der Waals surface area contributed by atoms with Gasteiger partial charge in [-0.1, -0.05) is 36.4 Å². The van der Waals surface area contributed by atoms with E-state index >= 15 is 0 Å². The van der Waals surface area contributed by atoms with Crippen LogP contribution in [0.4, 0.5) is 13.2 Å². The van der Waals surface area contributed by atoms with Crippen molar-refractivity contribution in [1.82, 2.24) is 0 Å². The molecule has 0 heterocycles. The Morgan fingerprint density at radius 1 is 1.00 bits per heavy atom. The highest BCUT2D eigenvalue weighted by Crippen LogP contribution is 2.33. The first-order chi connectivity index (χ1) is 9.43. The molecule has 2 nitrogen and oxygen atoms in total. The highest BCUT2D eigenvalue weighted by molar-refractivity contribution is 5.39. The fourth-order valence-electron chi connectivity index (χ4n) is 2.00. The van der Waals surface area contributed by atoms with Crippen molar-refractivity contribution in [3.05, 3.63) is 70.8 Å². The summed E-state index contributed by atoms with van der Waals surface area (Å²) in [6.07, 6.45) is -5.54. The van der Waals surface area contributed by atoms with Crippen LogP contribution in [0.2, 0.25) is 0 Å². The maximum atomic E-state index is 12.6. The molecule has 0 bridgehead atoms. The van der Waals surface area contributed by atoms with Crippen LogP contribution in [0.25, 0.3) is 0 Å². The van der Waals surface area contributed by atoms with Gasteiger partial charge in [-0.3, -0.25) is 0 Å². The molecule has 5 heteroatoms. The molecule has 0 saturated carbocycles. The average molecular weight is 282 g/mol. The third kappa shape index (κ3) is 3.00. The standard InChI is InChI=1S/C15H13F3O2/c16-15(17,18)12-6-7-13(11(8-12)9-19)14(20)10-4-2-1-3-5-10/h1-8,14,19-20H,9H2. The van der Waals surface area contributed by atoms with Crippen LogP contribution in [-0.4, -0.2) is 10.2 Å². The Bertz CT molecular complexity index is 579. The highest BCUT2D eigenvalue weighted by atomic mass is 19.4. The minimum Gasteiger partial charge on any atom is -0.392 e. The highest BCUT2D eigenvalue weighted by Gasteiger charge is 2.31. The molecule has 1 atom stereocenters. The van der Waals surface area contributed by atoms with Crippen LogP contribution in [0.3, 0.4) is 0 Å². The predicted molar refractivity (Wildman–Crippen MR) is 67.9 cm³/mol. The normalized spacial score (nSPS) is 13.2. The molecule has 0 aliphatic rings. The Morgan fingerprint density at radius 2 is 1.65 bits per heavy atom. The summed E-state index contributed by atoms with van der Waals surface area (Å²) in [4.78, 5) is 0. The van der Waals surface area contributed by atoms with E-state index in [1.807, 2.05) is 0 Å². The van der Waals surface area contributed by atoms with Gasteiger partial charge in [-0.25, -0.2) is 0 Å². The summed E-state index contributed by atoms with van der Waals surface area (Å²) in [5.41, 5.74) is 0.0513. The SMILES string of the molecule is OCc1cc(C(F)(F)F)ccc1C(O)c1ccccc1. The van der Waals surface area contributed by atoms with E-state index in [9.17, 15) is 23.4 Å². The molecule has 2 N–H and O–H groups in total. The molecule has 2 rings (SSSR count). The van der Waals surface area contributed by atoms with Crippen molar-refractivity contribution in [1.29, 1.82) is 0 Å². The second-order valence-corrected chi connectivity index (χ2v) is 4.38. The Balaban J connectivity index is 2.42. The van der Waals surface area contributed by atoms with E-state index in [-0.39, 0.29) is 11.1 Å². The molecule has 1 unspecified atom stereocenters. The van der Waals surface area contributed by atoms with Crippen molar-refractivity contribution in [3.63, 3.8) is 0 Å². The van der Waals surface area contributed by atoms with Gasteiger partial charge in [0.25, 0.3) is 0 Å². The number of alkyl halides is 3. The second-order valence-electron chi connectivity index (χ2n) is 4.38. The van der Waals surface area contributed by atoms with Crippen molar-refractivity contribution >= 4 is 0 Å². The third-order valence-electron chi connectivity index (χ3n) is 3.05. The van der Waals surface area contributed by atoms with Crippen LogP contribution in [0.15, 0.2) is 48.5 Å². The molecule has 20 heavy (non-hydrogen) atoms. The molecule has 0 aromatic heterocycles. The zero-order chi connectivity index (χ0) is 14.8. The lowest BCUT2D eigenvalue weighted by molar-refractivity contribution is -0.137. The van der Waals surface area contributed by atoms with Crippen molar-refractivity contribution < 1.29 is 23.4 Å². The van der Waals surface area contributed by atoms with Gasteiger partial charge in [0, 0.05) is 0 Å². The van der Waals surface area contributed by atoms with E-state index in [4.69, 9.17) is 0 Å². The van der Waals surface area contributed by atoms with Gasteiger partial charge in [0.15, 0.2) is 0 Å². The molecule has 2 aromatic rings. The van der Waals surface area contributed by atoms with E-state index in [0.29, 0.717) is 5.56 Å². The van der Waals surface area contributed by atoms with Gasteiger partial charge in [0.2, 0.25) is 0 Å². The predicted octanol–water partition coefficient (Wildman–Crippen LogP) is 3.28. The first-order valence-corrected chi connectivity index (χ1v) is 5.97. The lowest BCUT2D eigenvalue weighted by Gasteiger charge is -2.17. The van der Waals surface area contributed by atoms with Crippen LogP contribution in [-0.2, 0) is 12.8 Å². The van der Waals surface area contributed by atoms with Gasteiger partial charge in [-0.15, -0.1) is 0 Å². The van der Waals surface area contributed by atoms with Crippen molar-refractivity contribution in [2.24, 2.45) is 0 Å².